The van der Waals surface area contributed by atoms with E-state index in [-0.39, 0.29) is 5.75 Å². The molecule has 2 aromatic rings. The summed E-state index contributed by atoms with van der Waals surface area (Å²) in [4.78, 5) is 9.40. The number of hydrogen-bond acceptors (Lipinski definition) is 4. The van der Waals surface area contributed by atoms with E-state index in [0.717, 1.165) is 33.6 Å². The van der Waals surface area contributed by atoms with Crippen LogP contribution < -0.4 is 5.32 Å². The number of rotatable bonds is 5. The largest absolute Gasteiger partial charge is 0.508 e. The Morgan fingerprint density at radius 2 is 2.14 bits per heavy atom. The number of anilines is 1. The monoisotopic (exact) mass is 395 g/mol. The maximum absolute atomic E-state index is 9.66. The van der Waals surface area contributed by atoms with E-state index in [9.17, 15) is 5.11 Å². The molecule has 1 aliphatic carbocycles. The molecule has 0 saturated heterocycles. The number of phenolic OH excluding ortho intramolecular Hbond substituents is 1. The van der Waals surface area contributed by atoms with Crippen LogP contribution in [-0.2, 0) is 0 Å². The Morgan fingerprint density at radius 1 is 1.33 bits per heavy atom. The van der Waals surface area contributed by atoms with Gasteiger partial charge in [0.15, 0.2) is 5.82 Å². The molecule has 0 atom stereocenters. The highest BCUT2D eigenvalue weighted by Crippen LogP contribution is 2.43. The Kier molecular flexibility index (Phi) is 4.28. The SMILES string of the molecule is CCCNc1nc(-c2cccc(O)c2)nc(C2CC2)c1I. The summed E-state index contributed by atoms with van der Waals surface area (Å²) in [6, 6.07) is 7.13. The average molecular weight is 395 g/mol. The Morgan fingerprint density at radius 3 is 2.81 bits per heavy atom. The summed E-state index contributed by atoms with van der Waals surface area (Å²) >= 11 is 2.34. The zero-order valence-electron chi connectivity index (χ0n) is 11.9. The molecule has 0 aliphatic heterocycles. The minimum atomic E-state index is 0.241. The van der Waals surface area contributed by atoms with Gasteiger partial charge in [0, 0.05) is 18.0 Å². The molecule has 4 nitrogen and oxygen atoms in total. The second-order valence-corrected chi connectivity index (χ2v) is 6.43. The number of aromatic hydroxyl groups is 1. The molecule has 1 aliphatic rings. The summed E-state index contributed by atoms with van der Waals surface area (Å²) in [5.74, 6) is 2.41. The molecule has 1 aromatic carbocycles. The predicted molar refractivity (Wildman–Crippen MR) is 92.6 cm³/mol. The van der Waals surface area contributed by atoms with E-state index < -0.39 is 0 Å². The molecular formula is C16H18IN3O. The standard InChI is InChI=1S/C16H18IN3O/c1-2-8-18-16-13(17)14(10-6-7-10)19-15(20-16)11-4-3-5-12(21)9-11/h3-5,9-10,21H,2,6-8H2,1H3,(H,18,19,20). The molecular weight excluding hydrogens is 377 g/mol. The van der Waals surface area contributed by atoms with Crippen molar-refractivity contribution >= 4 is 28.4 Å². The molecule has 1 heterocycles. The van der Waals surface area contributed by atoms with Crippen LogP contribution in [0.4, 0.5) is 5.82 Å². The van der Waals surface area contributed by atoms with Crippen LogP contribution in [0.5, 0.6) is 5.75 Å². The number of phenols is 1. The van der Waals surface area contributed by atoms with Gasteiger partial charge in [-0.2, -0.15) is 0 Å². The molecule has 110 valence electrons. The van der Waals surface area contributed by atoms with E-state index >= 15 is 0 Å². The predicted octanol–water partition coefficient (Wildman–Crippen LogP) is 4.15. The first-order valence-electron chi connectivity index (χ1n) is 7.29. The van der Waals surface area contributed by atoms with Crippen molar-refractivity contribution in [2.75, 3.05) is 11.9 Å². The van der Waals surface area contributed by atoms with Crippen LogP contribution in [0.15, 0.2) is 24.3 Å². The quantitative estimate of drug-likeness (QED) is 0.747. The molecule has 0 unspecified atom stereocenters. The van der Waals surface area contributed by atoms with E-state index in [2.05, 4.69) is 39.8 Å². The van der Waals surface area contributed by atoms with Crippen LogP contribution >= 0.6 is 22.6 Å². The van der Waals surface area contributed by atoms with Gasteiger partial charge >= 0.3 is 0 Å². The van der Waals surface area contributed by atoms with Crippen molar-refractivity contribution in [1.82, 2.24) is 9.97 Å². The summed E-state index contributed by atoms with van der Waals surface area (Å²) in [6.45, 7) is 3.04. The first-order valence-corrected chi connectivity index (χ1v) is 8.37. The van der Waals surface area contributed by atoms with Crippen molar-refractivity contribution in [2.24, 2.45) is 0 Å². The highest BCUT2D eigenvalue weighted by Gasteiger charge is 2.29. The maximum atomic E-state index is 9.66. The van der Waals surface area contributed by atoms with Gasteiger partial charge in [-0.05, 0) is 54.0 Å². The lowest BCUT2D eigenvalue weighted by molar-refractivity contribution is 0.475. The molecule has 21 heavy (non-hydrogen) atoms. The zero-order valence-corrected chi connectivity index (χ0v) is 14.1. The number of hydrogen-bond donors (Lipinski definition) is 2. The van der Waals surface area contributed by atoms with Crippen molar-refractivity contribution in [1.29, 1.82) is 0 Å². The molecule has 1 fully saturated rings. The van der Waals surface area contributed by atoms with Crippen molar-refractivity contribution < 1.29 is 5.11 Å². The van der Waals surface area contributed by atoms with Crippen LogP contribution in [0.25, 0.3) is 11.4 Å². The highest BCUT2D eigenvalue weighted by atomic mass is 127. The molecule has 5 heteroatoms. The molecule has 0 spiro atoms. The fourth-order valence-electron chi connectivity index (χ4n) is 2.23. The van der Waals surface area contributed by atoms with Gasteiger partial charge < -0.3 is 10.4 Å². The van der Waals surface area contributed by atoms with Gasteiger partial charge in [-0.1, -0.05) is 19.1 Å². The van der Waals surface area contributed by atoms with Crippen LogP contribution in [0.3, 0.4) is 0 Å². The van der Waals surface area contributed by atoms with Gasteiger partial charge in [-0.15, -0.1) is 0 Å². The molecule has 1 saturated carbocycles. The first-order chi connectivity index (χ1) is 10.2. The summed E-state index contributed by atoms with van der Waals surface area (Å²) < 4.78 is 1.13. The summed E-state index contributed by atoms with van der Waals surface area (Å²) in [6.07, 6.45) is 3.47. The fourth-order valence-corrected chi connectivity index (χ4v) is 3.10. The Bertz CT molecular complexity index is 656. The van der Waals surface area contributed by atoms with Gasteiger partial charge in [-0.3, -0.25) is 0 Å². The van der Waals surface area contributed by atoms with E-state index in [1.807, 2.05) is 12.1 Å². The first kappa shape index (κ1) is 14.6. The maximum Gasteiger partial charge on any atom is 0.161 e. The summed E-state index contributed by atoms with van der Waals surface area (Å²) in [7, 11) is 0. The molecule has 0 bridgehead atoms. The fraction of sp³-hybridized carbons (Fsp3) is 0.375. The van der Waals surface area contributed by atoms with Crippen molar-refractivity contribution in [3.63, 3.8) is 0 Å². The Labute approximate surface area is 138 Å². The normalized spacial score (nSPS) is 14.2. The Hall–Kier alpha value is -1.37. The number of nitrogens with one attached hydrogen (secondary N) is 1. The Balaban J connectivity index is 2.05. The number of halogens is 1. The second kappa shape index (κ2) is 6.17. The lowest BCUT2D eigenvalue weighted by atomic mass is 10.2. The summed E-state index contributed by atoms with van der Waals surface area (Å²) in [5, 5.41) is 13.0. The van der Waals surface area contributed by atoms with Crippen LogP contribution in [0.1, 0.15) is 37.8 Å². The van der Waals surface area contributed by atoms with E-state index in [0.29, 0.717) is 11.7 Å². The van der Waals surface area contributed by atoms with E-state index in [1.165, 1.54) is 12.8 Å². The van der Waals surface area contributed by atoms with Gasteiger partial charge in [0.1, 0.15) is 11.6 Å². The lowest BCUT2D eigenvalue weighted by Crippen LogP contribution is -2.08. The van der Waals surface area contributed by atoms with Crippen LogP contribution in [0, 0.1) is 3.57 Å². The van der Waals surface area contributed by atoms with E-state index in [4.69, 9.17) is 4.98 Å². The topological polar surface area (TPSA) is 58.0 Å². The molecule has 0 radical (unpaired) electrons. The molecule has 0 amide bonds. The van der Waals surface area contributed by atoms with Crippen molar-refractivity contribution in [2.45, 2.75) is 32.1 Å². The van der Waals surface area contributed by atoms with Crippen LogP contribution in [-0.4, -0.2) is 21.6 Å². The van der Waals surface area contributed by atoms with Crippen molar-refractivity contribution in [3.8, 4) is 17.1 Å². The third kappa shape index (κ3) is 3.28. The van der Waals surface area contributed by atoms with Gasteiger partial charge in [0.05, 0.1) is 9.26 Å². The lowest BCUT2D eigenvalue weighted by Gasteiger charge is -2.12. The van der Waals surface area contributed by atoms with E-state index in [1.54, 1.807) is 12.1 Å². The minimum absolute atomic E-state index is 0.241. The second-order valence-electron chi connectivity index (χ2n) is 5.35. The third-order valence-electron chi connectivity index (χ3n) is 3.49. The average Bonchev–Trinajstić information content (AvgIpc) is 3.31. The zero-order chi connectivity index (χ0) is 14.8. The third-order valence-corrected chi connectivity index (χ3v) is 4.55. The van der Waals surface area contributed by atoms with Gasteiger partial charge in [0.25, 0.3) is 0 Å². The summed E-state index contributed by atoms with van der Waals surface area (Å²) in [5.41, 5.74) is 2.00. The minimum Gasteiger partial charge on any atom is -0.508 e. The van der Waals surface area contributed by atoms with Crippen LogP contribution in [0.2, 0.25) is 0 Å². The highest BCUT2D eigenvalue weighted by molar-refractivity contribution is 14.1. The number of nitrogens with zero attached hydrogens (tertiary/aromatic N) is 2. The molecule has 1 aromatic heterocycles. The number of benzene rings is 1. The van der Waals surface area contributed by atoms with Gasteiger partial charge in [-0.25, -0.2) is 9.97 Å². The number of aromatic nitrogens is 2. The van der Waals surface area contributed by atoms with Gasteiger partial charge in [0.2, 0.25) is 0 Å². The smallest absolute Gasteiger partial charge is 0.161 e. The molecule has 2 N–H and O–H groups in total. The molecule has 3 rings (SSSR count). The van der Waals surface area contributed by atoms with Crippen molar-refractivity contribution in [3.05, 3.63) is 33.5 Å².